The molecule has 0 saturated carbocycles. The Morgan fingerprint density at radius 3 is 2.77 bits per heavy atom. The van der Waals surface area contributed by atoms with Crippen LogP contribution in [0.5, 0.6) is 0 Å². The minimum Gasteiger partial charge on any atom is -0.386 e. The average molecular weight is 317 g/mol. The van der Waals surface area contributed by atoms with Crippen LogP contribution in [0.1, 0.15) is 23.0 Å². The molecular formula is C18H23NO2S. The molecule has 1 aromatic heterocycles. The molecule has 1 N–H and O–H groups in total. The van der Waals surface area contributed by atoms with Crippen LogP contribution in [-0.4, -0.2) is 36.3 Å². The lowest BCUT2D eigenvalue weighted by Crippen LogP contribution is -2.33. The highest BCUT2D eigenvalue weighted by Gasteiger charge is 2.22. The van der Waals surface area contributed by atoms with E-state index in [-0.39, 0.29) is 0 Å². The number of hydrogen-bond donors (Lipinski definition) is 1. The molecule has 22 heavy (non-hydrogen) atoms. The first-order valence-electron chi connectivity index (χ1n) is 7.87. The summed E-state index contributed by atoms with van der Waals surface area (Å²) >= 11 is 1.62. The Balaban J connectivity index is 1.64. The van der Waals surface area contributed by atoms with Gasteiger partial charge in [-0.2, -0.15) is 0 Å². The second-order valence-electron chi connectivity index (χ2n) is 5.94. The van der Waals surface area contributed by atoms with Crippen LogP contribution in [0.3, 0.4) is 0 Å². The molecule has 0 radical (unpaired) electrons. The standard InChI is InChI=1S/C18H23NO2S/c20-17(18-7-4-10-22-18)13-19(12-16-8-9-21-14-16)11-15-5-2-1-3-6-15/h1-7,10,16-17,20H,8-9,11-14H2/t16-,17+/m1/s1. The Morgan fingerprint density at radius 1 is 1.23 bits per heavy atom. The van der Waals surface area contributed by atoms with Gasteiger partial charge in [-0.05, 0) is 29.3 Å². The van der Waals surface area contributed by atoms with Gasteiger partial charge in [-0.3, -0.25) is 4.90 Å². The topological polar surface area (TPSA) is 32.7 Å². The highest BCUT2D eigenvalue weighted by molar-refractivity contribution is 7.10. The van der Waals surface area contributed by atoms with Crippen molar-refractivity contribution in [1.82, 2.24) is 4.90 Å². The van der Waals surface area contributed by atoms with Crippen LogP contribution in [0.25, 0.3) is 0 Å². The van der Waals surface area contributed by atoms with Crippen molar-refractivity contribution in [2.45, 2.75) is 19.1 Å². The Kier molecular flexibility index (Phi) is 5.62. The molecule has 2 heterocycles. The van der Waals surface area contributed by atoms with E-state index < -0.39 is 6.10 Å². The van der Waals surface area contributed by atoms with E-state index in [1.54, 1.807) is 11.3 Å². The van der Waals surface area contributed by atoms with Crippen molar-refractivity contribution >= 4 is 11.3 Å². The zero-order chi connectivity index (χ0) is 15.2. The number of benzene rings is 1. The first-order valence-corrected chi connectivity index (χ1v) is 8.74. The third-order valence-electron chi connectivity index (χ3n) is 4.09. The van der Waals surface area contributed by atoms with Crippen molar-refractivity contribution in [1.29, 1.82) is 0 Å². The van der Waals surface area contributed by atoms with Gasteiger partial charge in [0.1, 0.15) is 6.10 Å². The molecule has 4 heteroatoms. The SMILES string of the molecule is O[C@@H](CN(Cc1ccccc1)C[C@H]1CCOC1)c1cccs1. The number of hydrogen-bond acceptors (Lipinski definition) is 4. The second kappa shape index (κ2) is 7.88. The van der Waals surface area contributed by atoms with Gasteiger partial charge in [0.15, 0.2) is 0 Å². The molecule has 1 fully saturated rings. The fourth-order valence-corrected chi connectivity index (χ4v) is 3.66. The lowest BCUT2D eigenvalue weighted by Gasteiger charge is -2.27. The number of rotatable bonds is 7. The summed E-state index contributed by atoms with van der Waals surface area (Å²) in [5.74, 6) is 0.583. The Morgan fingerprint density at radius 2 is 2.09 bits per heavy atom. The van der Waals surface area contributed by atoms with Gasteiger partial charge in [0.05, 0.1) is 6.61 Å². The number of thiophene rings is 1. The van der Waals surface area contributed by atoms with Crippen LogP contribution in [0.4, 0.5) is 0 Å². The second-order valence-corrected chi connectivity index (χ2v) is 6.92. The fraction of sp³-hybridized carbons (Fsp3) is 0.444. The zero-order valence-electron chi connectivity index (χ0n) is 12.7. The van der Waals surface area contributed by atoms with Crippen LogP contribution in [0.15, 0.2) is 47.8 Å². The van der Waals surface area contributed by atoms with Gasteiger partial charge < -0.3 is 9.84 Å². The van der Waals surface area contributed by atoms with Crippen LogP contribution >= 0.6 is 11.3 Å². The van der Waals surface area contributed by atoms with Crippen LogP contribution in [0, 0.1) is 5.92 Å². The molecule has 1 aromatic carbocycles. The van der Waals surface area contributed by atoms with Gasteiger partial charge in [0.2, 0.25) is 0 Å². The van der Waals surface area contributed by atoms with E-state index >= 15 is 0 Å². The number of aliphatic hydroxyl groups excluding tert-OH is 1. The molecule has 1 aliphatic heterocycles. The van der Waals surface area contributed by atoms with E-state index in [4.69, 9.17) is 4.74 Å². The predicted molar refractivity (Wildman–Crippen MR) is 89.9 cm³/mol. The number of aliphatic hydroxyl groups is 1. The quantitative estimate of drug-likeness (QED) is 0.850. The third-order valence-corrected chi connectivity index (χ3v) is 5.07. The lowest BCUT2D eigenvalue weighted by atomic mass is 10.1. The van der Waals surface area contributed by atoms with Gasteiger partial charge in [-0.25, -0.2) is 0 Å². The van der Waals surface area contributed by atoms with Crippen molar-refractivity contribution in [2.75, 3.05) is 26.3 Å². The maximum absolute atomic E-state index is 10.5. The molecule has 0 bridgehead atoms. The maximum atomic E-state index is 10.5. The van der Waals surface area contributed by atoms with Crippen molar-refractivity contribution in [3.63, 3.8) is 0 Å². The molecule has 0 spiro atoms. The highest BCUT2D eigenvalue weighted by Crippen LogP contribution is 2.22. The van der Waals surface area contributed by atoms with E-state index in [1.165, 1.54) is 5.56 Å². The van der Waals surface area contributed by atoms with Crippen molar-refractivity contribution in [3.8, 4) is 0 Å². The van der Waals surface area contributed by atoms with E-state index in [2.05, 4.69) is 29.2 Å². The van der Waals surface area contributed by atoms with Crippen molar-refractivity contribution < 1.29 is 9.84 Å². The smallest absolute Gasteiger partial charge is 0.101 e. The molecule has 0 unspecified atom stereocenters. The Hall–Kier alpha value is -1.20. The molecule has 0 amide bonds. The van der Waals surface area contributed by atoms with Crippen molar-refractivity contribution in [2.24, 2.45) is 5.92 Å². The fourth-order valence-electron chi connectivity index (χ4n) is 2.95. The lowest BCUT2D eigenvalue weighted by molar-refractivity contribution is 0.0965. The molecule has 2 aromatic rings. The molecule has 1 saturated heterocycles. The van der Waals surface area contributed by atoms with Crippen molar-refractivity contribution in [3.05, 3.63) is 58.3 Å². The molecule has 118 valence electrons. The summed E-state index contributed by atoms with van der Waals surface area (Å²) in [6, 6.07) is 14.5. The highest BCUT2D eigenvalue weighted by atomic mass is 32.1. The minimum absolute atomic E-state index is 0.411. The summed E-state index contributed by atoms with van der Waals surface area (Å²) in [5.41, 5.74) is 1.29. The Bertz CT molecular complexity index is 537. The summed E-state index contributed by atoms with van der Waals surface area (Å²) in [4.78, 5) is 3.40. The maximum Gasteiger partial charge on any atom is 0.101 e. The normalized spacial score (nSPS) is 19.6. The molecule has 3 rings (SSSR count). The Labute approximate surface area is 136 Å². The van der Waals surface area contributed by atoms with Gasteiger partial charge in [0, 0.05) is 31.1 Å². The van der Waals surface area contributed by atoms with Gasteiger partial charge in [0.25, 0.3) is 0 Å². The van der Waals surface area contributed by atoms with E-state index in [0.29, 0.717) is 12.5 Å². The molecule has 3 nitrogen and oxygen atoms in total. The summed E-state index contributed by atoms with van der Waals surface area (Å²) in [6.45, 7) is 4.25. The zero-order valence-corrected chi connectivity index (χ0v) is 13.5. The minimum atomic E-state index is -0.411. The van der Waals surface area contributed by atoms with Gasteiger partial charge in [-0.15, -0.1) is 11.3 Å². The van der Waals surface area contributed by atoms with Crippen LogP contribution < -0.4 is 0 Å². The number of ether oxygens (including phenoxy) is 1. The first kappa shape index (κ1) is 15.7. The van der Waals surface area contributed by atoms with E-state index in [1.807, 2.05) is 23.6 Å². The molecular weight excluding hydrogens is 294 g/mol. The largest absolute Gasteiger partial charge is 0.386 e. The molecule has 0 aliphatic carbocycles. The number of nitrogens with zero attached hydrogens (tertiary/aromatic N) is 1. The first-order chi connectivity index (χ1) is 10.8. The van der Waals surface area contributed by atoms with Gasteiger partial charge in [-0.1, -0.05) is 36.4 Å². The summed E-state index contributed by atoms with van der Waals surface area (Å²) in [5, 5.41) is 12.5. The monoisotopic (exact) mass is 317 g/mol. The summed E-state index contributed by atoms with van der Waals surface area (Å²) < 4.78 is 5.50. The average Bonchev–Trinajstić information content (AvgIpc) is 3.21. The van der Waals surface area contributed by atoms with E-state index in [0.717, 1.165) is 37.6 Å². The summed E-state index contributed by atoms with van der Waals surface area (Å²) in [6.07, 6.45) is 0.714. The predicted octanol–water partition coefficient (Wildman–Crippen LogP) is 3.32. The summed E-state index contributed by atoms with van der Waals surface area (Å²) in [7, 11) is 0. The van der Waals surface area contributed by atoms with Gasteiger partial charge >= 0.3 is 0 Å². The third kappa shape index (κ3) is 4.40. The molecule has 2 atom stereocenters. The van der Waals surface area contributed by atoms with Crippen LogP contribution in [0.2, 0.25) is 0 Å². The van der Waals surface area contributed by atoms with Crippen LogP contribution in [-0.2, 0) is 11.3 Å². The molecule has 1 aliphatic rings. The van der Waals surface area contributed by atoms with E-state index in [9.17, 15) is 5.11 Å².